The summed E-state index contributed by atoms with van der Waals surface area (Å²) in [7, 11) is 0. The molecule has 0 aromatic carbocycles. The third-order valence-corrected chi connectivity index (χ3v) is 4.63. The highest BCUT2D eigenvalue weighted by molar-refractivity contribution is 7.15. The number of aromatic nitrogens is 2. The van der Waals surface area contributed by atoms with Gasteiger partial charge in [0.25, 0.3) is 0 Å². The molecule has 0 spiro atoms. The van der Waals surface area contributed by atoms with Gasteiger partial charge in [0.2, 0.25) is 5.13 Å². The van der Waals surface area contributed by atoms with Crippen LogP contribution in [0, 0.1) is 0 Å². The molecule has 1 fully saturated rings. The van der Waals surface area contributed by atoms with E-state index in [1.54, 1.807) is 0 Å². The molecule has 1 aromatic heterocycles. The quantitative estimate of drug-likeness (QED) is 0.705. The van der Waals surface area contributed by atoms with Crippen LogP contribution in [0.2, 0.25) is 0 Å². The lowest BCUT2D eigenvalue weighted by Crippen LogP contribution is -2.46. The third-order valence-electron chi connectivity index (χ3n) is 3.73. The largest absolute Gasteiger partial charge is 0.391 e. The minimum absolute atomic E-state index is 0.157. The highest BCUT2D eigenvalue weighted by Crippen LogP contribution is 2.20. The number of rotatable bonds is 6. The molecule has 2 amide bonds. The summed E-state index contributed by atoms with van der Waals surface area (Å²) in [5.41, 5.74) is 0. The molecule has 2 atom stereocenters. The van der Waals surface area contributed by atoms with Crippen LogP contribution in [0.5, 0.6) is 0 Å². The predicted octanol–water partition coefficient (Wildman–Crippen LogP) is 2.70. The van der Waals surface area contributed by atoms with Crippen LogP contribution in [0.25, 0.3) is 0 Å². The number of urea groups is 1. The Labute approximate surface area is 129 Å². The maximum Gasteiger partial charge on any atom is 0.321 e. The Bertz CT molecular complexity index is 452. The molecular formula is C14H24N4O2S. The van der Waals surface area contributed by atoms with Gasteiger partial charge < -0.3 is 10.4 Å². The number of aliphatic hydroxyl groups is 1. The average Bonchev–Trinajstić information content (AvgIpc) is 2.89. The minimum atomic E-state index is -0.441. The van der Waals surface area contributed by atoms with Gasteiger partial charge in [-0.2, -0.15) is 0 Å². The van der Waals surface area contributed by atoms with E-state index in [9.17, 15) is 9.90 Å². The zero-order valence-electron chi connectivity index (χ0n) is 12.5. The summed E-state index contributed by atoms with van der Waals surface area (Å²) < 4.78 is 0. The molecule has 1 aromatic rings. The molecule has 0 bridgehead atoms. The number of hydrogen-bond acceptors (Lipinski definition) is 5. The van der Waals surface area contributed by atoms with Crippen LogP contribution in [0.4, 0.5) is 9.93 Å². The van der Waals surface area contributed by atoms with Gasteiger partial charge in [0, 0.05) is 6.42 Å². The maximum atomic E-state index is 11.9. The van der Waals surface area contributed by atoms with Crippen molar-refractivity contribution in [2.75, 3.05) is 5.32 Å². The molecule has 0 saturated heterocycles. The number of amides is 2. The van der Waals surface area contributed by atoms with Gasteiger partial charge in [-0.15, -0.1) is 10.2 Å². The maximum absolute atomic E-state index is 11.9. The van der Waals surface area contributed by atoms with Crippen LogP contribution >= 0.6 is 11.3 Å². The summed E-state index contributed by atoms with van der Waals surface area (Å²) in [4.78, 5) is 11.9. The first-order valence-electron chi connectivity index (χ1n) is 7.77. The second-order valence-corrected chi connectivity index (χ2v) is 6.58. The van der Waals surface area contributed by atoms with Crippen molar-refractivity contribution in [3.8, 4) is 0 Å². The minimum Gasteiger partial charge on any atom is -0.391 e. The molecule has 1 aliphatic carbocycles. The number of anilines is 1. The summed E-state index contributed by atoms with van der Waals surface area (Å²) in [6.45, 7) is 2.16. The summed E-state index contributed by atoms with van der Waals surface area (Å²) in [5.74, 6) is 0. The van der Waals surface area contributed by atoms with Crippen molar-refractivity contribution in [1.82, 2.24) is 15.5 Å². The van der Waals surface area contributed by atoms with Crippen molar-refractivity contribution in [1.29, 1.82) is 0 Å². The average molecular weight is 312 g/mol. The van der Waals surface area contributed by atoms with E-state index in [2.05, 4.69) is 27.8 Å². The molecule has 1 aliphatic rings. The Hall–Kier alpha value is -1.21. The topological polar surface area (TPSA) is 87.1 Å². The number of aliphatic hydroxyl groups excluding tert-OH is 1. The van der Waals surface area contributed by atoms with Gasteiger partial charge in [-0.25, -0.2) is 4.79 Å². The number of nitrogens with one attached hydrogen (secondary N) is 2. The number of unbranched alkanes of at least 4 members (excludes halogenated alkanes) is 2. The van der Waals surface area contributed by atoms with Crippen LogP contribution in [0.1, 0.15) is 56.9 Å². The Morgan fingerprint density at radius 2 is 2.14 bits per heavy atom. The molecule has 0 aliphatic heterocycles. The Morgan fingerprint density at radius 1 is 1.33 bits per heavy atom. The Balaban J connectivity index is 1.77. The fourth-order valence-electron chi connectivity index (χ4n) is 2.51. The van der Waals surface area contributed by atoms with Crippen molar-refractivity contribution < 1.29 is 9.90 Å². The summed E-state index contributed by atoms with van der Waals surface area (Å²) in [5, 5.41) is 24.9. The normalized spacial score (nSPS) is 22.0. The lowest BCUT2D eigenvalue weighted by Gasteiger charge is -2.28. The van der Waals surface area contributed by atoms with Crippen molar-refractivity contribution in [3.05, 3.63) is 5.01 Å². The highest BCUT2D eigenvalue weighted by atomic mass is 32.1. The van der Waals surface area contributed by atoms with Crippen molar-refractivity contribution in [2.45, 2.75) is 70.4 Å². The Kier molecular flexibility index (Phi) is 6.38. The molecule has 1 saturated carbocycles. The fourth-order valence-corrected chi connectivity index (χ4v) is 3.29. The van der Waals surface area contributed by atoms with E-state index >= 15 is 0 Å². The molecule has 2 rings (SSSR count). The lowest BCUT2D eigenvalue weighted by molar-refractivity contribution is 0.0955. The standard InChI is InChI=1S/C14H24N4O2S/c1-2-3-4-9-12-17-18-14(21-12)16-13(20)15-10-7-5-6-8-11(10)19/h10-11,19H,2-9H2,1H3,(H2,15,16,18,20). The monoisotopic (exact) mass is 312 g/mol. The van der Waals surface area contributed by atoms with E-state index in [0.717, 1.165) is 43.5 Å². The fraction of sp³-hybridized carbons (Fsp3) is 0.786. The van der Waals surface area contributed by atoms with Crippen LogP contribution in [-0.2, 0) is 6.42 Å². The lowest BCUT2D eigenvalue weighted by atomic mass is 9.93. The van der Waals surface area contributed by atoms with E-state index in [0.29, 0.717) is 5.13 Å². The Morgan fingerprint density at radius 3 is 2.90 bits per heavy atom. The van der Waals surface area contributed by atoms with Crippen LogP contribution < -0.4 is 10.6 Å². The van der Waals surface area contributed by atoms with Gasteiger partial charge in [-0.3, -0.25) is 5.32 Å². The second-order valence-electron chi connectivity index (χ2n) is 5.51. The molecule has 7 heteroatoms. The smallest absolute Gasteiger partial charge is 0.321 e. The van der Waals surface area contributed by atoms with E-state index in [-0.39, 0.29) is 12.1 Å². The van der Waals surface area contributed by atoms with Gasteiger partial charge >= 0.3 is 6.03 Å². The van der Waals surface area contributed by atoms with E-state index in [1.807, 2.05) is 0 Å². The van der Waals surface area contributed by atoms with Gasteiger partial charge in [0.1, 0.15) is 5.01 Å². The van der Waals surface area contributed by atoms with Gasteiger partial charge in [0.15, 0.2) is 0 Å². The highest BCUT2D eigenvalue weighted by Gasteiger charge is 2.24. The SMILES string of the molecule is CCCCCc1nnc(NC(=O)NC2CCCCC2O)s1. The van der Waals surface area contributed by atoms with Crippen molar-refractivity contribution in [3.63, 3.8) is 0 Å². The molecule has 3 N–H and O–H groups in total. The molecule has 2 unspecified atom stereocenters. The molecule has 0 radical (unpaired) electrons. The number of hydrogen-bond donors (Lipinski definition) is 3. The number of carbonyl (C=O) groups is 1. The summed E-state index contributed by atoms with van der Waals surface area (Å²) >= 11 is 1.42. The van der Waals surface area contributed by atoms with Gasteiger partial charge in [-0.05, 0) is 19.3 Å². The number of nitrogens with zero attached hydrogens (tertiary/aromatic N) is 2. The number of aryl methyl sites for hydroxylation is 1. The zero-order valence-corrected chi connectivity index (χ0v) is 13.3. The van der Waals surface area contributed by atoms with Crippen molar-refractivity contribution >= 4 is 22.5 Å². The first kappa shape index (κ1) is 16.2. The van der Waals surface area contributed by atoms with Gasteiger partial charge in [-0.1, -0.05) is 43.9 Å². The van der Waals surface area contributed by atoms with Crippen LogP contribution in [-0.4, -0.2) is 33.5 Å². The predicted molar refractivity (Wildman–Crippen MR) is 83.6 cm³/mol. The number of carbonyl (C=O) groups excluding carboxylic acids is 1. The second kappa shape index (κ2) is 8.29. The van der Waals surface area contributed by atoms with Crippen LogP contribution in [0.15, 0.2) is 0 Å². The van der Waals surface area contributed by atoms with E-state index in [1.165, 1.54) is 24.2 Å². The molecule has 21 heavy (non-hydrogen) atoms. The van der Waals surface area contributed by atoms with Gasteiger partial charge in [0.05, 0.1) is 12.1 Å². The molecule has 118 valence electrons. The van der Waals surface area contributed by atoms with Crippen molar-refractivity contribution in [2.24, 2.45) is 0 Å². The zero-order chi connectivity index (χ0) is 15.1. The summed E-state index contributed by atoms with van der Waals surface area (Å²) in [6, 6.07) is -0.465. The molecule has 1 heterocycles. The third kappa shape index (κ3) is 5.24. The van der Waals surface area contributed by atoms with Crippen LogP contribution in [0.3, 0.4) is 0 Å². The first-order valence-corrected chi connectivity index (χ1v) is 8.58. The van der Waals surface area contributed by atoms with E-state index in [4.69, 9.17) is 0 Å². The summed E-state index contributed by atoms with van der Waals surface area (Å²) in [6.07, 6.45) is 7.59. The molecular weight excluding hydrogens is 288 g/mol. The van der Waals surface area contributed by atoms with E-state index < -0.39 is 6.10 Å². The first-order chi connectivity index (χ1) is 10.2. The molecule has 6 nitrogen and oxygen atoms in total.